The molecule has 0 bridgehead atoms. The zero-order chi connectivity index (χ0) is 41.6. The standard InChI is InChI=1S/C42H44Cl2N8O7/c1-57-35-21-33(29(43)19-30(35)44)48-40-25(22-45)23-47-32-20-37(36(58-2)18-27(32)40)59-17-5-12-50-13-15-51(16-14-50)39(54)8-4-11-46-31-7-3-6-26-28(31)24-52(42(26)56)34-9-10-38(53)49-41(34)55/h3,6-7,18-21,23,34,46H,4-5,8-17,24H2,1-2H3,(H,47,48)(H,49,53,55). The monoisotopic (exact) mass is 842 g/mol. The third kappa shape index (κ3) is 9.10. The van der Waals surface area contributed by atoms with Crippen LogP contribution in [0.4, 0.5) is 17.1 Å². The molecule has 3 aliphatic rings. The van der Waals surface area contributed by atoms with E-state index in [-0.39, 0.29) is 30.7 Å². The van der Waals surface area contributed by atoms with Gasteiger partial charge in [0, 0.05) is 99.2 Å². The van der Waals surface area contributed by atoms with Crippen molar-refractivity contribution in [2.45, 2.75) is 44.7 Å². The van der Waals surface area contributed by atoms with E-state index in [1.54, 1.807) is 37.4 Å². The minimum absolute atomic E-state index is 0.112. The first kappa shape index (κ1) is 41.3. The first-order chi connectivity index (χ1) is 28.6. The van der Waals surface area contributed by atoms with Gasteiger partial charge in [-0.3, -0.25) is 34.4 Å². The van der Waals surface area contributed by atoms with Crippen LogP contribution in [0.15, 0.2) is 48.7 Å². The molecule has 1 aromatic heterocycles. The Morgan fingerprint density at radius 1 is 0.983 bits per heavy atom. The molecule has 2 fully saturated rings. The van der Waals surface area contributed by atoms with Gasteiger partial charge in [-0.05, 0) is 43.5 Å². The molecular formula is C42H44Cl2N8O7. The maximum atomic E-state index is 13.1. The molecule has 4 amide bonds. The van der Waals surface area contributed by atoms with Crippen LogP contribution in [-0.4, -0.2) is 109 Å². The fourth-order valence-electron chi connectivity index (χ4n) is 7.67. The summed E-state index contributed by atoms with van der Waals surface area (Å²) in [6.45, 7) is 4.91. The molecule has 2 saturated heterocycles. The lowest BCUT2D eigenvalue weighted by molar-refractivity contribution is -0.137. The number of hydrogen-bond donors (Lipinski definition) is 3. The average molecular weight is 844 g/mol. The summed E-state index contributed by atoms with van der Waals surface area (Å²) in [7, 11) is 3.06. The van der Waals surface area contributed by atoms with E-state index in [0.29, 0.717) is 106 Å². The number of nitrogens with one attached hydrogen (secondary N) is 3. The quantitative estimate of drug-likeness (QED) is 0.0979. The third-order valence-electron chi connectivity index (χ3n) is 10.8. The van der Waals surface area contributed by atoms with Crippen molar-refractivity contribution in [3.63, 3.8) is 0 Å². The molecule has 1 atom stereocenters. The second-order valence-corrected chi connectivity index (χ2v) is 15.3. The number of pyridine rings is 1. The Bertz CT molecular complexity index is 2330. The molecule has 4 aromatic rings. The number of nitrogens with zero attached hydrogens (tertiary/aromatic N) is 5. The Morgan fingerprint density at radius 2 is 1.78 bits per heavy atom. The molecule has 0 radical (unpaired) electrons. The fourth-order valence-corrected chi connectivity index (χ4v) is 8.18. The zero-order valence-electron chi connectivity index (χ0n) is 32.7. The van der Waals surface area contributed by atoms with Crippen molar-refractivity contribution >= 4 is 74.8 Å². The Morgan fingerprint density at radius 3 is 2.53 bits per heavy atom. The largest absolute Gasteiger partial charge is 0.495 e. The summed E-state index contributed by atoms with van der Waals surface area (Å²) in [5.74, 6) is 0.581. The van der Waals surface area contributed by atoms with Gasteiger partial charge in [-0.1, -0.05) is 29.3 Å². The van der Waals surface area contributed by atoms with E-state index < -0.39 is 11.9 Å². The van der Waals surface area contributed by atoms with E-state index in [0.717, 1.165) is 37.3 Å². The van der Waals surface area contributed by atoms with Crippen molar-refractivity contribution in [1.82, 2.24) is 25.0 Å². The van der Waals surface area contributed by atoms with Gasteiger partial charge in [0.1, 0.15) is 17.9 Å². The molecule has 59 heavy (non-hydrogen) atoms. The minimum Gasteiger partial charge on any atom is -0.495 e. The number of rotatable bonds is 15. The van der Waals surface area contributed by atoms with E-state index in [9.17, 15) is 24.4 Å². The summed E-state index contributed by atoms with van der Waals surface area (Å²) in [4.78, 5) is 60.5. The molecule has 0 aliphatic carbocycles. The number of fused-ring (bicyclic) bond motifs is 2. The second-order valence-electron chi connectivity index (χ2n) is 14.5. The summed E-state index contributed by atoms with van der Waals surface area (Å²) in [6.07, 6.45) is 3.79. The highest BCUT2D eigenvalue weighted by atomic mass is 35.5. The summed E-state index contributed by atoms with van der Waals surface area (Å²) in [5.41, 5.74) is 4.09. The lowest BCUT2D eigenvalue weighted by Gasteiger charge is -2.34. The van der Waals surface area contributed by atoms with E-state index in [4.69, 9.17) is 37.4 Å². The molecule has 17 heteroatoms. The van der Waals surface area contributed by atoms with Gasteiger partial charge in [-0.25, -0.2) is 0 Å². The third-order valence-corrected chi connectivity index (χ3v) is 11.4. The first-order valence-electron chi connectivity index (χ1n) is 19.4. The van der Waals surface area contributed by atoms with Crippen molar-refractivity contribution in [1.29, 1.82) is 5.26 Å². The van der Waals surface area contributed by atoms with E-state index in [2.05, 4.69) is 31.9 Å². The number of halogens is 2. The van der Waals surface area contributed by atoms with Gasteiger partial charge in [0.25, 0.3) is 5.91 Å². The number of anilines is 3. The van der Waals surface area contributed by atoms with Crippen LogP contribution in [0, 0.1) is 11.3 Å². The molecule has 3 aliphatic heterocycles. The van der Waals surface area contributed by atoms with Crippen LogP contribution in [0.25, 0.3) is 10.9 Å². The maximum Gasteiger partial charge on any atom is 0.255 e. The van der Waals surface area contributed by atoms with Gasteiger partial charge in [-0.2, -0.15) is 5.26 Å². The second kappa shape index (κ2) is 18.4. The minimum atomic E-state index is -0.668. The van der Waals surface area contributed by atoms with E-state index in [1.807, 2.05) is 17.0 Å². The number of hydrogen-bond acceptors (Lipinski definition) is 12. The normalized spacial score (nSPS) is 16.7. The van der Waals surface area contributed by atoms with Crippen LogP contribution in [0.3, 0.4) is 0 Å². The van der Waals surface area contributed by atoms with Crippen LogP contribution in [0.2, 0.25) is 10.0 Å². The van der Waals surface area contributed by atoms with Crippen LogP contribution < -0.4 is 30.2 Å². The lowest BCUT2D eigenvalue weighted by Crippen LogP contribution is -2.52. The van der Waals surface area contributed by atoms with Crippen molar-refractivity contribution in [2.24, 2.45) is 0 Å². The molecule has 15 nitrogen and oxygen atoms in total. The number of carbonyl (C=O) groups excluding carboxylic acids is 4. The molecule has 3 N–H and O–H groups in total. The summed E-state index contributed by atoms with van der Waals surface area (Å²) in [6, 6.07) is 13.8. The van der Waals surface area contributed by atoms with Crippen LogP contribution in [-0.2, 0) is 20.9 Å². The number of piperidine rings is 1. The zero-order valence-corrected chi connectivity index (χ0v) is 34.3. The Balaban J connectivity index is 0.854. The number of nitriles is 1. The predicted molar refractivity (Wildman–Crippen MR) is 223 cm³/mol. The van der Waals surface area contributed by atoms with Gasteiger partial charge in [0.05, 0.1) is 53.3 Å². The van der Waals surface area contributed by atoms with Crippen LogP contribution >= 0.6 is 23.2 Å². The topological polar surface area (TPSA) is 178 Å². The maximum absolute atomic E-state index is 13.1. The van der Waals surface area contributed by atoms with Gasteiger partial charge in [0.2, 0.25) is 17.7 Å². The number of carbonyl (C=O) groups is 4. The molecular weight excluding hydrogens is 799 g/mol. The number of amides is 4. The van der Waals surface area contributed by atoms with E-state index in [1.165, 1.54) is 18.2 Å². The highest BCUT2D eigenvalue weighted by Gasteiger charge is 2.40. The Kier molecular flexibility index (Phi) is 12.9. The lowest BCUT2D eigenvalue weighted by atomic mass is 10.0. The summed E-state index contributed by atoms with van der Waals surface area (Å²) >= 11 is 12.7. The average Bonchev–Trinajstić information content (AvgIpc) is 3.57. The molecule has 7 rings (SSSR count). The SMILES string of the molecule is COc1cc(Nc2c(C#N)cnc3cc(OCCCN4CCN(C(=O)CCCNc5cccc6c5CN(C5CCC(=O)NC5=O)C6=O)CC4)c(OC)cc23)c(Cl)cc1Cl. The van der Waals surface area contributed by atoms with Gasteiger partial charge < -0.3 is 34.6 Å². The van der Waals surface area contributed by atoms with Crippen molar-refractivity contribution in [3.05, 3.63) is 75.4 Å². The molecule has 0 saturated carbocycles. The number of aromatic nitrogens is 1. The predicted octanol–water partition coefficient (Wildman–Crippen LogP) is 5.74. The number of methoxy groups -OCH3 is 2. The number of piperazine rings is 1. The molecule has 1 unspecified atom stereocenters. The highest BCUT2D eigenvalue weighted by Crippen LogP contribution is 2.40. The molecule has 3 aromatic carbocycles. The Hall–Kier alpha value is -5.82. The molecule has 4 heterocycles. The fraction of sp³-hybridized carbons (Fsp3) is 0.381. The number of imide groups is 1. The van der Waals surface area contributed by atoms with Crippen LogP contribution in [0.5, 0.6) is 17.2 Å². The van der Waals surface area contributed by atoms with Crippen molar-refractivity contribution < 1.29 is 33.4 Å². The number of benzene rings is 3. The molecule has 308 valence electrons. The first-order valence-corrected chi connectivity index (χ1v) is 20.2. The summed E-state index contributed by atoms with van der Waals surface area (Å²) in [5, 5.41) is 20.2. The summed E-state index contributed by atoms with van der Waals surface area (Å²) < 4.78 is 17.2. The van der Waals surface area contributed by atoms with Gasteiger partial charge in [0.15, 0.2) is 11.5 Å². The molecule has 0 spiro atoms. The van der Waals surface area contributed by atoms with Crippen molar-refractivity contribution in [2.75, 3.05) is 70.7 Å². The van der Waals surface area contributed by atoms with E-state index >= 15 is 0 Å². The van der Waals surface area contributed by atoms with Gasteiger partial charge in [-0.15, -0.1) is 0 Å². The van der Waals surface area contributed by atoms with Gasteiger partial charge >= 0.3 is 0 Å². The van der Waals surface area contributed by atoms with Crippen LogP contribution in [0.1, 0.15) is 53.6 Å². The number of ether oxygens (including phenoxy) is 3. The van der Waals surface area contributed by atoms with Crippen molar-refractivity contribution in [3.8, 4) is 23.3 Å². The highest BCUT2D eigenvalue weighted by molar-refractivity contribution is 6.37. The Labute approximate surface area is 351 Å². The smallest absolute Gasteiger partial charge is 0.255 e.